The summed E-state index contributed by atoms with van der Waals surface area (Å²) < 4.78 is 0.762. The number of amides is 1. The Morgan fingerprint density at radius 1 is 1.44 bits per heavy atom. The summed E-state index contributed by atoms with van der Waals surface area (Å²) in [5.41, 5.74) is 5.51. The van der Waals surface area contributed by atoms with Crippen molar-refractivity contribution >= 4 is 34.1 Å². The quantitative estimate of drug-likeness (QED) is 0.860. The third-order valence-electron chi connectivity index (χ3n) is 3.22. The van der Waals surface area contributed by atoms with Gasteiger partial charge in [0.1, 0.15) is 0 Å². The molecular formula is C11H18N4OS2. The molecule has 0 unspecified atom stereocenters. The Labute approximate surface area is 115 Å². The van der Waals surface area contributed by atoms with E-state index in [9.17, 15) is 4.79 Å². The van der Waals surface area contributed by atoms with Crippen molar-refractivity contribution in [2.45, 2.75) is 49.5 Å². The van der Waals surface area contributed by atoms with Gasteiger partial charge in [-0.1, -0.05) is 23.1 Å². The van der Waals surface area contributed by atoms with Gasteiger partial charge in [0.25, 0.3) is 0 Å². The minimum Gasteiger partial charge on any atom is -0.374 e. The van der Waals surface area contributed by atoms with Crippen LogP contribution in [0.3, 0.4) is 0 Å². The number of anilines is 1. The van der Waals surface area contributed by atoms with Gasteiger partial charge in [0.15, 0.2) is 4.34 Å². The van der Waals surface area contributed by atoms with Crippen molar-refractivity contribution < 1.29 is 4.79 Å². The first-order chi connectivity index (χ1) is 8.58. The molecule has 100 valence electrons. The summed E-state index contributed by atoms with van der Waals surface area (Å²) in [6.45, 7) is 4.25. The normalized spacial score (nSPS) is 24.2. The fourth-order valence-electron chi connectivity index (χ4n) is 2.39. The second-order valence-corrected chi connectivity index (χ2v) is 6.86. The summed E-state index contributed by atoms with van der Waals surface area (Å²) in [5, 5.41) is 8.09. The van der Waals surface area contributed by atoms with Crippen molar-refractivity contribution in [3.63, 3.8) is 0 Å². The second kappa shape index (κ2) is 5.88. The van der Waals surface area contributed by atoms with Crippen LogP contribution in [0.25, 0.3) is 0 Å². The maximum absolute atomic E-state index is 12.2. The molecule has 1 fully saturated rings. The molecule has 2 atom stereocenters. The van der Waals surface area contributed by atoms with E-state index in [2.05, 4.69) is 24.0 Å². The highest BCUT2D eigenvalue weighted by molar-refractivity contribution is 8.01. The lowest BCUT2D eigenvalue weighted by Crippen LogP contribution is -2.48. The molecule has 1 aliphatic rings. The van der Waals surface area contributed by atoms with Crippen LogP contribution in [-0.2, 0) is 4.79 Å². The van der Waals surface area contributed by atoms with Crippen molar-refractivity contribution in [2.75, 3.05) is 11.5 Å². The molecule has 0 radical (unpaired) electrons. The number of piperidine rings is 1. The molecule has 0 aromatic carbocycles. The fourth-order valence-corrected chi connectivity index (χ4v) is 3.90. The largest absolute Gasteiger partial charge is 0.374 e. The lowest BCUT2D eigenvalue weighted by Gasteiger charge is -2.39. The van der Waals surface area contributed by atoms with Crippen LogP contribution in [0.15, 0.2) is 4.34 Å². The van der Waals surface area contributed by atoms with Crippen LogP contribution in [0.2, 0.25) is 0 Å². The van der Waals surface area contributed by atoms with Crippen LogP contribution in [-0.4, -0.2) is 38.8 Å². The molecule has 0 saturated carbocycles. The highest BCUT2D eigenvalue weighted by Gasteiger charge is 2.28. The number of carbonyl (C=O) groups is 1. The number of aromatic nitrogens is 2. The van der Waals surface area contributed by atoms with Gasteiger partial charge in [0.05, 0.1) is 5.75 Å². The highest BCUT2D eigenvalue weighted by atomic mass is 32.2. The average Bonchev–Trinajstić information content (AvgIpc) is 2.72. The second-order valence-electron chi connectivity index (χ2n) is 4.62. The SMILES string of the molecule is C[C@@H]1CCC[C@H](C)N1C(=O)CSc1nnc(N)s1. The van der Waals surface area contributed by atoms with E-state index in [0.29, 0.717) is 23.0 Å². The predicted molar refractivity (Wildman–Crippen MR) is 74.7 cm³/mol. The van der Waals surface area contributed by atoms with Gasteiger partial charge < -0.3 is 10.6 Å². The number of nitrogens with two attached hydrogens (primary N) is 1. The number of likely N-dealkylation sites (tertiary alicyclic amines) is 1. The molecule has 1 aliphatic heterocycles. The topological polar surface area (TPSA) is 72.1 Å². The molecule has 1 aromatic rings. The van der Waals surface area contributed by atoms with E-state index in [1.165, 1.54) is 29.5 Å². The van der Waals surface area contributed by atoms with Gasteiger partial charge in [-0.05, 0) is 33.1 Å². The summed E-state index contributed by atoms with van der Waals surface area (Å²) in [5.74, 6) is 0.608. The number of hydrogen-bond acceptors (Lipinski definition) is 6. The Hall–Kier alpha value is -0.820. The van der Waals surface area contributed by atoms with Crippen LogP contribution in [0, 0.1) is 0 Å². The van der Waals surface area contributed by atoms with Gasteiger partial charge in [0.2, 0.25) is 11.0 Å². The van der Waals surface area contributed by atoms with E-state index in [0.717, 1.165) is 17.2 Å². The van der Waals surface area contributed by atoms with Gasteiger partial charge in [-0.2, -0.15) is 0 Å². The molecule has 0 aliphatic carbocycles. The Balaban J connectivity index is 1.90. The number of thioether (sulfide) groups is 1. The molecule has 2 heterocycles. The minimum atomic E-state index is 0.188. The van der Waals surface area contributed by atoms with E-state index in [1.54, 1.807) is 0 Å². The first-order valence-corrected chi connectivity index (χ1v) is 7.91. The maximum atomic E-state index is 12.2. The molecule has 2 N–H and O–H groups in total. The Morgan fingerprint density at radius 2 is 2.11 bits per heavy atom. The standard InChI is InChI=1S/C11H18N4OS2/c1-7-4-3-5-8(2)15(7)9(16)6-17-11-14-13-10(12)18-11/h7-8H,3-6H2,1-2H3,(H2,12,13)/t7-,8+. The average molecular weight is 286 g/mol. The van der Waals surface area contributed by atoms with Gasteiger partial charge in [-0.3, -0.25) is 4.79 Å². The predicted octanol–water partition coefficient (Wildman–Crippen LogP) is 2.00. The van der Waals surface area contributed by atoms with Crippen molar-refractivity contribution in [3.8, 4) is 0 Å². The van der Waals surface area contributed by atoms with Crippen LogP contribution in [0.4, 0.5) is 5.13 Å². The molecule has 7 heteroatoms. The van der Waals surface area contributed by atoms with Gasteiger partial charge >= 0.3 is 0 Å². The summed E-state index contributed by atoms with van der Waals surface area (Å²) in [4.78, 5) is 14.2. The smallest absolute Gasteiger partial charge is 0.233 e. The molecule has 18 heavy (non-hydrogen) atoms. The monoisotopic (exact) mass is 286 g/mol. The van der Waals surface area contributed by atoms with E-state index < -0.39 is 0 Å². The van der Waals surface area contributed by atoms with Crippen LogP contribution >= 0.6 is 23.1 Å². The number of nitrogens with zero attached hydrogens (tertiary/aromatic N) is 3. The van der Waals surface area contributed by atoms with Crippen molar-refractivity contribution in [2.24, 2.45) is 0 Å². The minimum absolute atomic E-state index is 0.188. The molecular weight excluding hydrogens is 268 g/mol. The third kappa shape index (κ3) is 3.14. The van der Waals surface area contributed by atoms with E-state index in [-0.39, 0.29) is 5.91 Å². The molecule has 1 amide bonds. The van der Waals surface area contributed by atoms with Crippen molar-refractivity contribution in [1.29, 1.82) is 0 Å². The van der Waals surface area contributed by atoms with Crippen LogP contribution in [0.5, 0.6) is 0 Å². The maximum Gasteiger partial charge on any atom is 0.233 e. The first kappa shape index (κ1) is 13.6. The molecule has 0 bridgehead atoms. The van der Waals surface area contributed by atoms with Gasteiger partial charge in [-0.15, -0.1) is 10.2 Å². The third-order valence-corrected chi connectivity index (χ3v) is 5.09. The van der Waals surface area contributed by atoms with Crippen molar-refractivity contribution in [1.82, 2.24) is 15.1 Å². The zero-order valence-electron chi connectivity index (χ0n) is 10.6. The fraction of sp³-hybridized carbons (Fsp3) is 0.727. The van der Waals surface area contributed by atoms with Crippen LogP contribution < -0.4 is 5.73 Å². The highest BCUT2D eigenvalue weighted by Crippen LogP contribution is 2.27. The number of rotatable bonds is 3. The van der Waals surface area contributed by atoms with Crippen molar-refractivity contribution in [3.05, 3.63) is 0 Å². The molecule has 1 saturated heterocycles. The molecule has 2 rings (SSSR count). The Kier molecular flexibility index (Phi) is 4.45. The number of hydrogen-bond donors (Lipinski definition) is 1. The van der Waals surface area contributed by atoms with E-state index in [4.69, 9.17) is 5.73 Å². The Morgan fingerprint density at radius 3 is 2.67 bits per heavy atom. The lowest BCUT2D eigenvalue weighted by molar-refractivity contribution is -0.134. The zero-order valence-corrected chi connectivity index (χ0v) is 12.3. The number of nitrogen functional groups attached to an aromatic ring is 1. The summed E-state index contributed by atoms with van der Waals surface area (Å²) in [7, 11) is 0. The van der Waals surface area contributed by atoms with Gasteiger partial charge in [-0.25, -0.2) is 0 Å². The molecule has 5 nitrogen and oxygen atoms in total. The van der Waals surface area contributed by atoms with E-state index in [1.807, 2.05) is 4.90 Å². The lowest BCUT2D eigenvalue weighted by atomic mass is 9.98. The number of carbonyl (C=O) groups excluding carboxylic acids is 1. The molecule has 0 spiro atoms. The molecule has 1 aromatic heterocycles. The van der Waals surface area contributed by atoms with Gasteiger partial charge in [0, 0.05) is 12.1 Å². The van der Waals surface area contributed by atoms with E-state index >= 15 is 0 Å². The summed E-state index contributed by atoms with van der Waals surface area (Å²) in [6.07, 6.45) is 3.42. The first-order valence-electron chi connectivity index (χ1n) is 6.11. The zero-order chi connectivity index (χ0) is 13.1. The Bertz CT molecular complexity index is 413. The summed E-state index contributed by atoms with van der Waals surface area (Å²) >= 11 is 2.75. The summed E-state index contributed by atoms with van der Waals surface area (Å²) in [6, 6.07) is 0.697. The van der Waals surface area contributed by atoms with Crippen LogP contribution in [0.1, 0.15) is 33.1 Å².